The fourth-order valence-corrected chi connectivity index (χ4v) is 0.216. The number of rotatable bonds is 2. The maximum atomic E-state index is 12.1. The Labute approximate surface area is 54.3 Å². The van der Waals surface area contributed by atoms with E-state index >= 15 is 0 Å². The van der Waals surface area contributed by atoms with Crippen LogP contribution in [-0.2, 0) is 9.74 Å². The van der Waals surface area contributed by atoms with Crippen molar-refractivity contribution in [1.82, 2.24) is 0 Å². The Bertz CT molecular complexity index is 134. The van der Waals surface area contributed by atoms with Gasteiger partial charge in [0.05, 0.1) is 0 Å². The first-order valence-electron chi connectivity index (χ1n) is 2.31. The fraction of sp³-hybridized carbons (Fsp3) is 0.750. The van der Waals surface area contributed by atoms with Crippen LogP contribution >= 0.6 is 0 Å². The monoisotopic (exact) mass is 158 g/mol. The summed E-state index contributed by atoms with van der Waals surface area (Å²) >= 11 is 0. The molecule has 6 heteroatoms. The summed E-state index contributed by atoms with van der Waals surface area (Å²) in [5.41, 5.74) is 0. The van der Waals surface area contributed by atoms with Crippen LogP contribution in [0.4, 0.5) is 13.3 Å². The zero-order chi connectivity index (χ0) is 8.36. The molecular weight excluding hydrogens is 153 g/mol. The number of alkyl halides is 2. The molecule has 0 saturated heterocycles. The number of carbonyl (C=O) groups excluding carboxylic acids is 1. The van der Waals surface area contributed by atoms with Gasteiger partial charge >= 0.3 is 11.8 Å². The third-order valence-corrected chi connectivity index (χ3v) is 0.883. The first-order chi connectivity index (χ1) is 4.42. The van der Waals surface area contributed by atoms with E-state index in [-0.39, 0.29) is 0 Å². The lowest BCUT2D eigenvalue weighted by molar-refractivity contribution is -0.234. The van der Waals surface area contributed by atoms with Crippen molar-refractivity contribution >= 4 is 5.97 Å². The predicted molar refractivity (Wildman–Crippen MR) is 23.8 cm³/mol. The molecular formula is C4H5F3O3. The van der Waals surface area contributed by atoms with E-state index in [9.17, 15) is 18.1 Å². The highest BCUT2D eigenvalue weighted by Crippen LogP contribution is 2.17. The smallest absolute Gasteiger partial charge is 0.351 e. The Morgan fingerprint density at radius 1 is 1.80 bits per heavy atom. The summed E-state index contributed by atoms with van der Waals surface area (Å²) in [7, 11) is 0. The minimum Gasteiger partial charge on any atom is -0.351 e. The van der Waals surface area contributed by atoms with Crippen LogP contribution in [0.15, 0.2) is 0 Å². The molecule has 0 aromatic carbocycles. The van der Waals surface area contributed by atoms with Crippen molar-refractivity contribution in [3.8, 4) is 0 Å². The van der Waals surface area contributed by atoms with Crippen LogP contribution in [0.1, 0.15) is 6.92 Å². The van der Waals surface area contributed by atoms with Gasteiger partial charge in [-0.05, 0) is 6.92 Å². The second-order valence-electron chi connectivity index (χ2n) is 1.65. The van der Waals surface area contributed by atoms with Gasteiger partial charge in [0, 0.05) is 4.53 Å². The molecule has 0 aliphatic rings. The molecule has 0 spiro atoms. The standard InChI is InChI=1S/C4H5F3O3/c1-2(5)4(6,9)3(8)10-7/h2,9H,1H3. The lowest BCUT2D eigenvalue weighted by Gasteiger charge is -2.13. The highest BCUT2D eigenvalue weighted by atomic mass is 19.3. The molecule has 0 fully saturated rings. The van der Waals surface area contributed by atoms with Gasteiger partial charge < -0.3 is 5.11 Å². The average molecular weight is 158 g/mol. The summed E-state index contributed by atoms with van der Waals surface area (Å²) in [6, 6.07) is 0. The third-order valence-electron chi connectivity index (χ3n) is 0.883. The molecule has 0 rings (SSSR count). The van der Waals surface area contributed by atoms with Gasteiger partial charge in [-0.25, -0.2) is 14.1 Å². The van der Waals surface area contributed by atoms with Crippen LogP contribution in [0, 0.1) is 0 Å². The molecule has 0 bridgehead atoms. The van der Waals surface area contributed by atoms with E-state index in [1.165, 1.54) is 0 Å². The number of halogens is 3. The highest BCUT2D eigenvalue weighted by molar-refractivity contribution is 5.77. The highest BCUT2D eigenvalue weighted by Gasteiger charge is 2.45. The van der Waals surface area contributed by atoms with Crippen molar-refractivity contribution in [3.63, 3.8) is 0 Å². The molecule has 2 unspecified atom stereocenters. The van der Waals surface area contributed by atoms with Gasteiger partial charge in [-0.2, -0.15) is 4.39 Å². The lowest BCUT2D eigenvalue weighted by Crippen LogP contribution is -2.41. The average Bonchev–Trinajstić information content (AvgIpc) is 1.86. The van der Waals surface area contributed by atoms with Crippen LogP contribution < -0.4 is 0 Å². The van der Waals surface area contributed by atoms with Crippen molar-refractivity contribution in [2.24, 2.45) is 0 Å². The van der Waals surface area contributed by atoms with Crippen molar-refractivity contribution in [1.29, 1.82) is 0 Å². The Balaban J connectivity index is 4.24. The molecule has 1 N–H and O–H groups in total. The molecule has 0 saturated carbocycles. The summed E-state index contributed by atoms with van der Waals surface area (Å²) in [5, 5.41) is 8.10. The second-order valence-corrected chi connectivity index (χ2v) is 1.65. The fourth-order valence-electron chi connectivity index (χ4n) is 0.216. The first kappa shape index (κ1) is 9.22. The Kier molecular flexibility index (Phi) is 2.65. The summed E-state index contributed by atoms with van der Waals surface area (Å²) in [6.45, 7) is 0.552. The summed E-state index contributed by atoms with van der Waals surface area (Å²) in [6.07, 6.45) is -2.53. The van der Waals surface area contributed by atoms with Gasteiger partial charge in [0.25, 0.3) is 0 Å². The Morgan fingerprint density at radius 3 is 2.30 bits per heavy atom. The quantitative estimate of drug-likeness (QED) is 0.633. The number of hydrogen-bond donors (Lipinski definition) is 1. The van der Waals surface area contributed by atoms with E-state index in [2.05, 4.69) is 4.94 Å². The molecule has 0 radical (unpaired) electrons. The van der Waals surface area contributed by atoms with Gasteiger partial charge in [-0.1, -0.05) is 0 Å². The lowest BCUT2D eigenvalue weighted by atomic mass is 10.2. The van der Waals surface area contributed by atoms with Crippen LogP contribution in [0.25, 0.3) is 0 Å². The Morgan fingerprint density at radius 2 is 2.20 bits per heavy atom. The topological polar surface area (TPSA) is 46.5 Å². The molecule has 0 aliphatic carbocycles. The summed E-state index contributed by atoms with van der Waals surface area (Å²) in [5.74, 6) is -6.18. The largest absolute Gasteiger partial charge is 0.415 e. The van der Waals surface area contributed by atoms with Gasteiger partial charge in [0.1, 0.15) is 0 Å². The molecule has 60 valence electrons. The summed E-state index contributed by atoms with van der Waals surface area (Å²) in [4.78, 5) is 12.1. The van der Waals surface area contributed by atoms with Crippen LogP contribution in [0.2, 0.25) is 0 Å². The van der Waals surface area contributed by atoms with Gasteiger partial charge in [-0.3, -0.25) is 0 Å². The molecule has 0 amide bonds. The van der Waals surface area contributed by atoms with E-state index in [4.69, 9.17) is 5.11 Å². The van der Waals surface area contributed by atoms with Crippen molar-refractivity contribution < 1.29 is 28.1 Å². The van der Waals surface area contributed by atoms with E-state index < -0.39 is 18.0 Å². The molecule has 0 aliphatic heterocycles. The zero-order valence-electron chi connectivity index (χ0n) is 4.97. The van der Waals surface area contributed by atoms with E-state index in [1.807, 2.05) is 0 Å². The zero-order valence-corrected chi connectivity index (χ0v) is 4.97. The molecule has 3 nitrogen and oxygen atoms in total. The molecule has 10 heavy (non-hydrogen) atoms. The van der Waals surface area contributed by atoms with Crippen molar-refractivity contribution in [3.05, 3.63) is 0 Å². The third kappa shape index (κ3) is 1.60. The molecule has 0 aromatic heterocycles. The number of carbonyl (C=O) groups is 1. The predicted octanol–water partition coefficient (Wildman–Crippen LogP) is 0.430. The Hall–Kier alpha value is -0.780. The summed E-state index contributed by atoms with van der Waals surface area (Å²) < 4.78 is 34.7. The molecule has 0 heterocycles. The molecule has 2 atom stereocenters. The normalized spacial score (nSPS) is 19.3. The molecule has 0 aromatic rings. The maximum Gasteiger partial charge on any atom is 0.415 e. The minimum atomic E-state index is -3.89. The van der Waals surface area contributed by atoms with Gasteiger partial charge in [0.15, 0.2) is 6.17 Å². The SMILES string of the molecule is CC(F)C(O)(F)C(=O)OF. The van der Waals surface area contributed by atoms with Gasteiger partial charge in [-0.15, -0.1) is 0 Å². The van der Waals surface area contributed by atoms with Gasteiger partial charge in [0.2, 0.25) is 0 Å². The van der Waals surface area contributed by atoms with Crippen LogP contribution in [0.3, 0.4) is 0 Å². The van der Waals surface area contributed by atoms with Crippen LogP contribution in [0.5, 0.6) is 0 Å². The van der Waals surface area contributed by atoms with E-state index in [0.29, 0.717) is 6.92 Å². The van der Waals surface area contributed by atoms with Crippen molar-refractivity contribution in [2.75, 3.05) is 0 Å². The van der Waals surface area contributed by atoms with E-state index in [0.717, 1.165) is 0 Å². The number of aliphatic hydroxyl groups is 1. The first-order valence-corrected chi connectivity index (χ1v) is 2.31. The van der Waals surface area contributed by atoms with E-state index in [1.54, 1.807) is 0 Å². The number of hydrogen-bond acceptors (Lipinski definition) is 3. The van der Waals surface area contributed by atoms with Crippen molar-refractivity contribution in [2.45, 2.75) is 19.0 Å². The second kappa shape index (κ2) is 2.87. The van der Waals surface area contributed by atoms with Crippen LogP contribution in [-0.4, -0.2) is 23.1 Å². The minimum absolute atomic E-state index is 0.552. The maximum absolute atomic E-state index is 12.1.